The van der Waals surface area contributed by atoms with Gasteiger partial charge in [-0.25, -0.2) is 4.98 Å². The van der Waals surface area contributed by atoms with Gasteiger partial charge >= 0.3 is 0 Å². The van der Waals surface area contributed by atoms with Crippen molar-refractivity contribution in [3.8, 4) is 17.0 Å². The Hall–Kier alpha value is -2.50. The van der Waals surface area contributed by atoms with E-state index in [2.05, 4.69) is 41.1 Å². The topological polar surface area (TPSA) is 47.5 Å². The third-order valence-electron chi connectivity index (χ3n) is 4.83. The second kappa shape index (κ2) is 7.40. The highest BCUT2D eigenvalue weighted by Crippen LogP contribution is 2.27. The molecular formula is C21H23N3O2. The lowest BCUT2D eigenvalue weighted by Gasteiger charge is -2.26. The maximum atomic E-state index is 5.43. The summed E-state index contributed by atoms with van der Waals surface area (Å²) in [7, 11) is 1.65. The summed E-state index contributed by atoms with van der Waals surface area (Å²) in [6, 6.07) is 10.7. The van der Waals surface area contributed by atoms with E-state index in [9.17, 15) is 0 Å². The molecule has 0 saturated carbocycles. The smallest absolute Gasteiger partial charge is 0.137 e. The number of hydrogen-bond donors (Lipinski definition) is 0. The third-order valence-corrected chi connectivity index (χ3v) is 4.83. The van der Waals surface area contributed by atoms with Crippen LogP contribution in [0.2, 0.25) is 0 Å². The number of rotatable bonds is 4. The highest BCUT2D eigenvalue weighted by atomic mass is 16.5. The van der Waals surface area contributed by atoms with Crippen LogP contribution < -0.4 is 4.74 Å². The van der Waals surface area contributed by atoms with Crippen LogP contribution in [-0.2, 0) is 11.3 Å². The fraction of sp³-hybridized carbons (Fsp3) is 0.333. The van der Waals surface area contributed by atoms with Gasteiger partial charge in [0.2, 0.25) is 0 Å². The average molecular weight is 349 g/mol. The summed E-state index contributed by atoms with van der Waals surface area (Å²) in [5.41, 5.74) is 5.43. The molecule has 5 heteroatoms. The summed E-state index contributed by atoms with van der Waals surface area (Å²) in [5, 5.41) is 1.20. The summed E-state index contributed by atoms with van der Waals surface area (Å²) < 4.78 is 10.7. The molecule has 1 aliphatic rings. The number of benzene rings is 1. The second-order valence-electron chi connectivity index (χ2n) is 6.68. The number of morpholine rings is 1. The number of pyridine rings is 2. The van der Waals surface area contributed by atoms with Crippen LogP contribution in [0.3, 0.4) is 0 Å². The first-order chi connectivity index (χ1) is 12.7. The molecule has 4 rings (SSSR count). The van der Waals surface area contributed by atoms with Gasteiger partial charge in [-0.15, -0.1) is 0 Å². The van der Waals surface area contributed by atoms with E-state index in [1.54, 1.807) is 13.3 Å². The molecule has 0 unspecified atom stereocenters. The normalized spacial score (nSPS) is 15.3. The molecule has 1 aliphatic heterocycles. The molecule has 134 valence electrons. The summed E-state index contributed by atoms with van der Waals surface area (Å²) >= 11 is 0. The van der Waals surface area contributed by atoms with Gasteiger partial charge in [0.15, 0.2) is 0 Å². The molecular weight excluding hydrogens is 326 g/mol. The fourth-order valence-electron chi connectivity index (χ4n) is 3.38. The predicted molar refractivity (Wildman–Crippen MR) is 102 cm³/mol. The largest absolute Gasteiger partial charge is 0.495 e. The minimum Gasteiger partial charge on any atom is -0.495 e. The lowest BCUT2D eigenvalue weighted by Crippen LogP contribution is -2.35. The van der Waals surface area contributed by atoms with E-state index in [0.29, 0.717) is 0 Å². The third kappa shape index (κ3) is 3.54. The molecule has 1 saturated heterocycles. The number of methoxy groups -OCH3 is 1. The van der Waals surface area contributed by atoms with Gasteiger partial charge in [-0.05, 0) is 42.3 Å². The van der Waals surface area contributed by atoms with Gasteiger partial charge in [0.05, 0.1) is 37.7 Å². The Labute approximate surface area is 153 Å². The van der Waals surface area contributed by atoms with Gasteiger partial charge in [0.25, 0.3) is 0 Å². The van der Waals surface area contributed by atoms with E-state index in [4.69, 9.17) is 14.5 Å². The number of aromatic nitrogens is 2. The van der Waals surface area contributed by atoms with Crippen LogP contribution in [0.25, 0.3) is 22.2 Å². The van der Waals surface area contributed by atoms with Crippen molar-refractivity contribution in [2.75, 3.05) is 33.4 Å². The highest BCUT2D eigenvalue weighted by molar-refractivity contribution is 5.85. The van der Waals surface area contributed by atoms with E-state index in [-0.39, 0.29) is 0 Å². The molecule has 0 atom stereocenters. The number of ether oxygens (including phenoxy) is 2. The molecule has 2 aromatic heterocycles. The Bertz CT molecular complexity index is 920. The quantitative estimate of drug-likeness (QED) is 0.722. The van der Waals surface area contributed by atoms with Crippen LogP contribution in [0.4, 0.5) is 0 Å². The van der Waals surface area contributed by atoms with Gasteiger partial charge in [-0.3, -0.25) is 9.88 Å². The van der Waals surface area contributed by atoms with E-state index < -0.39 is 0 Å². The van der Waals surface area contributed by atoms with Gasteiger partial charge in [-0.2, -0.15) is 0 Å². The molecule has 0 radical (unpaired) electrons. The van der Waals surface area contributed by atoms with Crippen LogP contribution in [0.5, 0.6) is 5.75 Å². The number of nitrogens with zero attached hydrogens (tertiary/aromatic N) is 3. The van der Waals surface area contributed by atoms with Crippen LogP contribution in [-0.4, -0.2) is 48.3 Å². The molecule has 3 aromatic rings. The standard InChI is InChI=1S/C21H23N3O2/c1-15-9-21(17-11-18(25-2)13-22-12-17)23-20-4-3-16(10-19(15)20)14-24-5-7-26-8-6-24/h3-4,9-13H,5-8,14H2,1-2H3. The van der Waals surface area contributed by atoms with E-state index in [1.165, 1.54) is 16.5 Å². The van der Waals surface area contributed by atoms with Crippen molar-refractivity contribution < 1.29 is 9.47 Å². The summed E-state index contributed by atoms with van der Waals surface area (Å²) in [6.07, 6.45) is 3.53. The van der Waals surface area contributed by atoms with Crippen LogP contribution in [0.15, 0.2) is 42.7 Å². The Kier molecular flexibility index (Phi) is 4.82. The van der Waals surface area contributed by atoms with Crippen molar-refractivity contribution in [1.82, 2.24) is 14.9 Å². The maximum absolute atomic E-state index is 5.43. The van der Waals surface area contributed by atoms with Crippen molar-refractivity contribution in [3.05, 3.63) is 53.9 Å². The Morgan fingerprint density at radius 2 is 1.96 bits per heavy atom. The summed E-state index contributed by atoms with van der Waals surface area (Å²) in [5.74, 6) is 0.739. The molecule has 1 fully saturated rings. The first-order valence-corrected chi connectivity index (χ1v) is 8.93. The number of hydrogen-bond acceptors (Lipinski definition) is 5. The van der Waals surface area contributed by atoms with Crippen molar-refractivity contribution in [3.63, 3.8) is 0 Å². The average Bonchev–Trinajstić information content (AvgIpc) is 2.69. The molecule has 3 heterocycles. The van der Waals surface area contributed by atoms with Crippen molar-refractivity contribution in [2.24, 2.45) is 0 Å². The zero-order chi connectivity index (χ0) is 17.9. The minimum atomic E-state index is 0.739. The Morgan fingerprint density at radius 1 is 1.12 bits per heavy atom. The van der Waals surface area contributed by atoms with Crippen LogP contribution >= 0.6 is 0 Å². The van der Waals surface area contributed by atoms with E-state index in [0.717, 1.165) is 55.4 Å². The molecule has 0 aliphatic carbocycles. The molecule has 0 amide bonds. The maximum Gasteiger partial charge on any atom is 0.137 e. The zero-order valence-corrected chi connectivity index (χ0v) is 15.2. The fourth-order valence-corrected chi connectivity index (χ4v) is 3.38. The zero-order valence-electron chi connectivity index (χ0n) is 15.2. The SMILES string of the molecule is COc1cncc(-c2cc(C)c3cc(CN4CCOCC4)ccc3n2)c1. The number of fused-ring (bicyclic) bond motifs is 1. The lowest BCUT2D eigenvalue weighted by atomic mass is 10.0. The van der Waals surface area contributed by atoms with E-state index >= 15 is 0 Å². The first-order valence-electron chi connectivity index (χ1n) is 8.93. The first kappa shape index (κ1) is 16.9. The minimum absolute atomic E-state index is 0.739. The van der Waals surface area contributed by atoms with Gasteiger partial charge in [0.1, 0.15) is 5.75 Å². The number of aryl methyl sites for hydroxylation is 1. The van der Waals surface area contributed by atoms with Gasteiger partial charge < -0.3 is 9.47 Å². The monoisotopic (exact) mass is 349 g/mol. The van der Waals surface area contributed by atoms with Crippen molar-refractivity contribution in [1.29, 1.82) is 0 Å². The Morgan fingerprint density at radius 3 is 2.77 bits per heavy atom. The summed E-state index contributed by atoms with van der Waals surface area (Å²) in [4.78, 5) is 11.5. The predicted octanol–water partition coefficient (Wildman–Crippen LogP) is 3.45. The molecule has 0 bridgehead atoms. The van der Waals surface area contributed by atoms with Crippen LogP contribution in [0, 0.1) is 6.92 Å². The Balaban J connectivity index is 1.66. The molecule has 0 spiro atoms. The molecule has 5 nitrogen and oxygen atoms in total. The molecule has 1 aromatic carbocycles. The highest BCUT2D eigenvalue weighted by Gasteiger charge is 2.12. The summed E-state index contributed by atoms with van der Waals surface area (Å²) in [6.45, 7) is 6.74. The van der Waals surface area contributed by atoms with Crippen molar-refractivity contribution in [2.45, 2.75) is 13.5 Å². The molecule has 0 N–H and O–H groups in total. The van der Waals surface area contributed by atoms with Crippen LogP contribution in [0.1, 0.15) is 11.1 Å². The second-order valence-corrected chi connectivity index (χ2v) is 6.68. The van der Waals surface area contributed by atoms with Crippen molar-refractivity contribution >= 4 is 10.9 Å². The molecule has 26 heavy (non-hydrogen) atoms. The van der Waals surface area contributed by atoms with Gasteiger partial charge in [-0.1, -0.05) is 6.07 Å². The van der Waals surface area contributed by atoms with E-state index in [1.807, 2.05) is 12.3 Å². The lowest BCUT2D eigenvalue weighted by molar-refractivity contribution is 0.0342. The van der Waals surface area contributed by atoms with Gasteiger partial charge in [0, 0.05) is 36.8 Å².